The molecule has 22 heavy (non-hydrogen) atoms. The molecular weight excluding hydrogens is 292 g/mol. The number of phenolic OH excluding ortho intramolecular Hbond substituents is 1. The number of aromatic hydroxyl groups is 1. The molecule has 5 N–H and O–H groups in total. The Bertz CT molecular complexity index is 767. The van der Waals surface area contributed by atoms with Crippen molar-refractivity contribution in [3.8, 4) is 17.1 Å². The largest absolute Gasteiger partial charge is 0.507 e. The van der Waals surface area contributed by atoms with Gasteiger partial charge >= 0.3 is 0 Å². The lowest BCUT2D eigenvalue weighted by molar-refractivity contribution is -0.128. The molecule has 1 aliphatic carbocycles. The van der Waals surface area contributed by atoms with E-state index >= 15 is 0 Å². The van der Waals surface area contributed by atoms with Crippen LogP contribution >= 0.6 is 0 Å². The van der Waals surface area contributed by atoms with Crippen LogP contribution in [0.15, 0.2) is 39.5 Å². The van der Waals surface area contributed by atoms with E-state index < -0.39 is 29.8 Å². The Balaban J connectivity index is 2.23. The minimum atomic E-state index is -1.69. The van der Waals surface area contributed by atoms with E-state index in [4.69, 9.17) is 4.42 Å². The van der Waals surface area contributed by atoms with E-state index in [-0.39, 0.29) is 28.4 Å². The average Bonchev–Trinajstić information content (AvgIpc) is 2.50. The van der Waals surface area contributed by atoms with Gasteiger partial charge in [-0.15, -0.1) is 0 Å². The molecule has 1 aromatic carbocycles. The fraction of sp³-hybridized carbons (Fsp3) is 0.267. The van der Waals surface area contributed by atoms with Crippen molar-refractivity contribution in [1.29, 1.82) is 0 Å². The number of fused-ring (bicyclic) bond motifs is 1. The summed E-state index contributed by atoms with van der Waals surface area (Å²) in [6, 6.07) is 7.18. The van der Waals surface area contributed by atoms with Crippen LogP contribution in [0.3, 0.4) is 0 Å². The van der Waals surface area contributed by atoms with Crippen molar-refractivity contribution in [2.75, 3.05) is 0 Å². The van der Waals surface area contributed by atoms with E-state index in [1.54, 1.807) is 12.1 Å². The maximum Gasteiger partial charge on any atom is 0.191 e. The van der Waals surface area contributed by atoms with Gasteiger partial charge in [0.2, 0.25) is 0 Å². The molecule has 0 bridgehead atoms. The number of rotatable bonds is 1. The Morgan fingerprint density at radius 3 is 2.27 bits per heavy atom. The lowest BCUT2D eigenvalue weighted by Crippen LogP contribution is -2.43. The summed E-state index contributed by atoms with van der Waals surface area (Å²) in [6.07, 6.45) is -6.71. The molecule has 0 amide bonds. The lowest BCUT2D eigenvalue weighted by Gasteiger charge is -2.32. The second-order valence-corrected chi connectivity index (χ2v) is 5.14. The molecule has 0 unspecified atom stereocenters. The highest BCUT2D eigenvalue weighted by molar-refractivity contribution is 5.65. The van der Waals surface area contributed by atoms with Crippen molar-refractivity contribution < 1.29 is 29.9 Å². The molecule has 7 nitrogen and oxygen atoms in total. The lowest BCUT2D eigenvalue weighted by atomic mass is 9.87. The van der Waals surface area contributed by atoms with Crippen LogP contribution in [0.25, 0.3) is 11.3 Å². The van der Waals surface area contributed by atoms with Crippen LogP contribution in [0.1, 0.15) is 23.5 Å². The van der Waals surface area contributed by atoms with Gasteiger partial charge in [-0.2, -0.15) is 0 Å². The normalized spacial score (nSPS) is 27.5. The van der Waals surface area contributed by atoms with Crippen molar-refractivity contribution in [1.82, 2.24) is 0 Å². The molecule has 4 atom stereocenters. The smallest absolute Gasteiger partial charge is 0.191 e. The van der Waals surface area contributed by atoms with Gasteiger partial charge in [0, 0.05) is 6.07 Å². The molecule has 0 saturated carbocycles. The van der Waals surface area contributed by atoms with Crippen LogP contribution in [0, 0.1) is 0 Å². The molecule has 1 heterocycles. The van der Waals surface area contributed by atoms with Crippen LogP contribution in [-0.4, -0.2) is 37.7 Å². The number of para-hydroxylation sites is 1. The number of hydrogen-bond acceptors (Lipinski definition) is 7. The Kier molecular flexibility index (Phi) is 3.50. The van der Waals surface area contributed by atoms with Crippen molar-refractivity contribution in [2.45, 2.75) is 24.4 Å². The Hall–Kier alpha value is -2.19. The summed E-state index contributed by atoms with van der Waals surface area (Å²) in [4.78, 5) is 12.2. The van der Waals surface area contributed by atoms with Crippen LogP contribution in [0.2, 0.25) is 0 Å². The molecule has 116 valence electrons. The van der Waals surface area contributed by atoms with E-state index in [1.807, 2.05) is 0 Å². The maximum absolute atomic E-state index is 12.2. The number of aliphatic hydroxyl groups is 4. The second kappa shape index (κ2) is 5.22. The number of hydrogen-bond donors (Lipinski definition) is 5. The van der Waals surface area contributed by atoms with Crippen molar-refractivity contribution in [3.05, 3.63) is 51.9 Å². The second-order valence-electron chi connectivity index (χ2n) is 5.14. The van der Waals surface area contributed by atoms with Crippen LogP contribution in [0.5, 0.6) is 5.75 Å². The monoisotopic (exact) mass is 306 g/mol. The third-order valence-electron chi connectivity index (χ3n) is 3.74. The van der Waals surface area contributed by atoms with E-state index in [2.05, 4.69) is 0 Å². The molecule has 0 saturated heterocycles. The predicted octanol–water partition coefficient (Wildman–Crippen LogP) is -0.185. The zero-order valence-corrected chi connectivity index (χ0v) is 11.2. The van der Waals surface area contributed by atoms with E-state index in [0.29, 0.717) is 0 Å². The first kappa shape index (κ1) is 14.7. The Morgan fingerprint density at radius 1 is 0.955 bits per heavy atom. The standard InChI is InChI=1S/C15H14O7/c16-7-4-2-1-3-6(7)9-5-8(17)10-11(18)12(19)13(20)14(21)15(10)22-9/h1-5,11-14,16,18-21H/t11-,12+,13+,14-/m0/s1. The SMILES string of the molecule is O=c1cc(-c2ccccc2O)oc2c1[C@H](O)[C@@H](O)[C@@H](O)[C@@H]2O. The maximum atomic E-state index is 12.2. The summed E-state index contributed by atoms with van der Waals surface area (Å²) in [7, 11) is 0. The predicted molar refractivity (Wildman–Crippen MR) is 74.0 cm³/mol. The molecule has 0 fully saturated rings. The molecule has 1 aliphatic rings. The molecule has 1 aromatic heterocycles. The van der Waals surface area contributed by atoms with Crippen molar-refractivity contribution in [2.24, 2.45) is 0 Å². The van der Waals surface area contributed by atoms with Gasteiger partial charge in [0.25, 0.3) is 0 Å². The fourth-order valence-corrected chi connectivity index (χ4v) is 2.55. The Labute approximate surface area is 124 Å². The summed E-state index contributed by atoms with van der Waals surface area (Å²) in [5.41, 5.74) is -0.744. The zero-order valence-electron chi connectivity index (χ0n) is 11.2. The van der Waals surface area contributed by atoms with Crippen molar-refractivity contribution in [3.63, 3.8) is 0 Å². The highest BCUT2D eigenvalue weighted by Gasteiger charge is 2.43. The number of phenols is 1. The van der Waals surface area contributed by atoms with Crippen LogP contribution in [0.4, 0.5) is 0 Å². The molecule has 3 rings (SSSR count). The summed E-state index contributed by atoms with van der Waals surface area (Å²) in [6.45, 7) is 0. The minimum Gasteiger partial charge on any atom is -0.507 e. The van der Waals surface area contributed by atoms with Gasteiger partial charge in [0.15, 0.2) is 5.43 Å². The van der Waals surface area contributed by atoms with Gasteiger partial charge in [-0.25, -0.2) is 0 Å². The molecular formula is C15H14O7. The van der Waals surface area contributed by atoms with Gasteiger partial charge in [0.1, 0.15) is 41.7 Å². The number of aliphatic hydroxyl groups excluding tert-OH is 4. The topological polar surface area (TPSA) is 131 Å². The van der Waals surface area contributed by atoms with Crippen molar-refractivity contribution >= 4 is 0 Å². The summed E-state index contributed by atoms with van der Waals surface area (Å²) in [5.74, 6) is -0.468. The number of benzene rings is 1. The van der Waals surface area contributed by atoms with E-state index in [1.165, 1.54) is 12.1 Å². The molecule has 0 radical (unpaired) electrons. The highest BCUT2D eigenvalue weighted by atomic mass is 16.4. The highest BCUT2D eigenvalue weighted by Crippen LogP contribution is 2.38. The first-order chi connectivity index (χ1) is 10.4. The van der Waals surface area contributed by atoms with E-state index in [0.717, 1.165) is 6.07 Å². The van der Waals surface area contributed by atoms with E-state index in [9.17, 15) is 30.3 Å². The first-order valence-electron chi connectivity index (χ1n) is 6.60. The van der Waals surface area contributed by atoms with Gasteiger partial charge in [0.05, 0.1) is 11.1 Å². The molecule has 0 aliphatic heterocycles. The average molecular weight is 306 g/mol. The molecule has 0 spiro atoms. The first-order valence-corrected chi connectivity index (χ1v) is 6.60. The minimum absolute atomic E-state index is 0.0170. The van der Waals surface area contributed by atoms with Gasteiger partial charge in [-0.1, -0.05) is 12.1 Å². The quantitative estimate of drug-likeness (QED) is 0.493. The van der Waals surface area contributed by atoms with Gasteiger partial charge in [-0.05, 0) is 12.1 Å². The third-order valence-corrected chi connectivity index (χ3v) is 3.74. The summed E-state index contributed by atoms with van der Waals surface area (Å²) >= 11 is 0. The zero-order chi connectivity index (χ0) is 16.0. The van der Waals surface area contributed by atoms with Gasteiger partial charge < -0.3 is 29.9 Å². The fourth-order valence-electron chi connectivity index (χ4n) is 2.55. The molecule has 7 heteroatoms. The van der Waals surface area contributed by atoms with Crippen LogP contribution < -0.4 is 5.43 Å². The summed E-state index contributed by atoms with van der Waals surface area (Å²) < 4.78 is 5.41. The Morgan fingerprint density at radius 2 is 1.59 bits per heavy atom. The third kappa shape index (κ3) is 2.11. The summed E-state index contributed by atoms with van der Waals surface area (Å²) in [5, 5.41) is 49.0. The van der Waals surface area contributed by atoms with Crippen LogP contribution in [-0.2, 0) is 0 Å². The molecule has 2 aromatic rings. The van der Waals surface area contributed by atoms with Gasteiger partial charge in [-0.3, -0.25) is 4.79 Å².